The Labute approximate surface area is 121 Å². The number of hydrogen-bond acceptors (Lipinski definition) is 3. The van der Waals surface area contributed by atoms with Gasteiger partial charge >= 0.3 is 12.0 Å². The monoisotopic (exact) mass is 291 g/mol. The fraction of sp³-hybridized carbons (Fsp3) is 0.357. The fourth-order valence-corrected chi connectivity index (χ4v) is 2.44. The highest BCUT2D eigenvalue weighted by Crippen LogP contribution is 2.21. The molecule has 1 unspecified atom stereocenters. The third-order valence-corrected chi connectivity index (χ3v) is 3.49. The van der Waals surface area contributed by atoms with Crippen LogP contribution in [-0.2, 0) is 4.79 Å². The molecule has 3 amide bonds. The average molecular weight is 291 g/mol. The summed E-state index contributed by atoms with van der Waals surface area (Å²) in [6, 6.07) is 3.57. The van der Waals surface area contributed by atoms with Gasteiger partial charge in [-0.15, -0.1) is 0 Å². The van der Waals surface area contributed by atoms with Gasteiger partial charge in [0.05, 0.1) is 11.3 Å². The van der Waals surface area contributed by atoms with Crippen molar-refractivity contribution in [2.75, 3.05) is 11.9 Å². The van der Waals surface area contributed by atoms with E-state index >= 15 is 0 Å². The maximum atomic E-state index is 12.2. The molecule has 0 spiro atoms. The Morgan fingerprint density at radius 3 is 2.71 bits per heavy atom. The SMILES string of the molecule is Cc1ccc(NC(=O)N2CCCC2C(N)=O)c(C(=O)O)c1. The molecule has 0 aliphatic carbocycles. The van der Waals surface area contributed by atoms with Crippen molar-refractivity contribution < 1.29 is 19.5 Å². The first-order valence-electron chi connectivity index (χ1n) is 6.61. The van der Waals surface area contributed by atoms with Gasteiger partial charge < -0.3 is 21.1 Å². The number of urea groups is 1. The second-order valence-corrected chi connectivity index (χ2v) is 5.04. The molecule has 2 rings (SSSR count). The number of likely N-dealkylation sites (tertiary alicyclic amines) is 1. The van der Waals surface area contributed by atoms with E-state index in [-0.39, 0.29) is 11.3 Å². The number of nitrogens with zero attached hydrogens (tertiary/aromatic N) is 1. The Morgan fingerprint density at radius 1 is 1.38 bits per heavy atom. The Hall–Kier alpha value is -2.57. The molecule has 1 saturated heterocycles. The van der Waals surface area contributed by atoms with Crippen molar-refractivity contribution >= 4 is 23.6 Å². The van der Waals surface area contributed by atoms with E-state index in [9.17, 15) is 14.4 Å². The summed E-state index contributed by atoms with van der Waals surface area (Å²) in [6.07, 6.45) is 1.23. The van der Waals surface area contributed by atoms with Crippen molar-refractivity contribution in [3.63, 3.8) is 0 Å². The molecule has 1 fully saturated rings. The normalized spacial score (nSPS) is 17.6. The van der Waals surface area contributed by atoms with Gasteiger partial charge in [-0.3, -0.25) is 4.79 Å². The molecule has 21 heavy (non-hydrogen) atoms. The Bertz CT molecular complexity index is 600. The minimum atomic E-state index is -1.12. The van der Waals surface area contributed by atoms with Crippen LogP contribution in [0.2, 0.25) is 0 Å². The van der Waals surface area contributed by atoms with E-state index in [4.69, 9.17) is 10.8 Å². The molecular formula is C14H17N3O4. The van der Waals surface area contributed by atoms with Gasteiger partial charge in [0.2, 0.25) is 5.91 Å². The predicted octanol–water partition coefficient (Wildman–Crippen LogP) is 1.17. The van der Waals surface area contributed by atoms with E-state index in [1.54, 1.807) is 13.0 Å². The summed E-state index contributed by atoms with van der Waals surface area (Å²) in [7, 11) is 0. The summed E-state index contributed by atoms with van der Waals surface area (Å²) in [6.45, 7) is 2.19. The van der Waals surface area contributed by atoms with Crippen LogP contribution in [0.1, 0.15) is 28.8 Å². The van der Waals surface area contributed by atoms with E-state index in [2.05, 4.69) is 5.32 Å². The lowest BCUT2D eigenvalue weighted by Gasteiger charge is -2.23. The molecule has 1 aliphatic rings. The first-order chi connectivity index (χ1) is 9.90. The molecule has 7 heteroatoms. The van der Waals surface area contributed by atoms with Crippen LogP contribution in [0.15, 0.2) is 18.2 Å². The summed E-state index contributed by atoms with van der Waals surface area (Å²) in [4.78, 5) is 36.0. The highest BCUT2D eigenvalue weighted by atomic mass is 16.4. The molecule has 112 valence electrons. The first kappa shape index (κ1) is 14.8. The number of aromatic carboxylic acids is 1. The number of primary amides is 1. The molecule has 1 heterocycles. The third-order valence-electron chi connectivity index (χ3n) is 3.49. The highest BCUT2D eigenvalue weighted by molar-refractivity contribution is 6.01. The number of nitrogens with one attached hydrogen (secondary N) is 1. The van der Waals surface area contributed by atoms with Gasteiger partial charge in [0.15, 0.2) is 0 Å². The zero-order chi connectivity index (χ0) is 15.6. The number of rotatable bonds is 3. The molecule has 0 bridgehead atoms. The zero-order valence-corrected chi connectivity index (χ0v) is 11.6. The number of anilines is 1. The molecule has 1 atom stereocenters. The minimum absolute atomic E-state index is 0.0122. The van der Waals surface area contributed by atoms with Crippen molar-refractivity contribution in [2.45, 2.75) is 25.8 Å². The van der Waals surface area contributed by atoms with Crippen molar-refractivity contribution in [2.24, 2.45) is 5.73 Å². The number of carboxylic acid groups (broad SMARTS) is 1. The highest BCUT2D eigenvalue weighted by Gasteiger charge is 2.33. The summed E-state index contributed by atoms with van der Waals surface area (Å²) < 4.78 is 0. The molecule has 0 aromatic heterocycles. The standard InChI is InChI=1S/C14H17N3O4/c1-8-4-5-10(9(7-8)13(19)20)16-14(21)17-6-2-3-11(17)12(15)18/h4-5,7,11H,2-3,6H2,1H3,(H2,15,18)(H,16,21)(H,19,20). The van der Waals surface area contributed by atoms with Crippen molar-refractivity contribution in [3.05, 3.63) is 29.3 Å². The number of aryl methyl sites for hydroxylation is 1. The number of nitrogens with two attached hydrogens (primary N) is 1. The molecule has 1 aromatic carbocycles. The lowest BCUT2D eigenvalue weighted by atomic mass is 10.1. The van der Waals surface area contributed by atoms with E-state index < -0.39 is 23.9 Å². The summed E-state index contributed by atoms with van der Waals surface area (Å²) >= 11 is 0. The summed E-state index contributed by atoms with van der Waals surface area (Å²) in [5, 5.41) is 11.7. The van der Waals surface area contributed by atoms with Gasteiger partial charge in [-0.2, -0.15) is 0 Å². The Kier molecular flexibility index (Phi) is 4.11. The molecule has 1 aromatic rings. The number of amides is 3. The largest absolute Gasteiger partial charge is 0.478 e. The number of carbonyl (C=O) groups excluding carboxylic acids is 2. The van der Waals surface area contributed by atoms with Gasteiger partial charge in [-0.25, -0.2) is 9.59 Å². The van der Waals surface area contributed by atoms with Crippen LogP contribution in [-0.4, -0.2) is 40.5 Å². The molecule has 0 saturated carbocycles. The van der Waals surface area contributed by atoms with Crippen LogP contribution in [0.5, 0.6) is 0 Å². The smallest absolute Gasteiger partial charge is 0.337 e. The molecule has 1 aliphatic heterocycles. The van der Waals surface area contributed by atoms with Crippen molar-refractivity contribution in [3.8, 4) is 0 Å². The fourth-order valence-electron chi connectivity index (χ4n) is 2.44. The number of carboxylic acids is 1. The molecular weight excluding hydrogens is 274 g/mol. The quantitative estimate of drug-likeness (QED) is 0.775. The van der Waals surface area contributed by atoms with Gasteiger partial charge in [-0.05, 0) is 31.9 Å². The minimum Gasteiger partial charge on any atom is -0.478 e. The maximum Gasteiger partial charge on any atom is 0.337 e. The lowest BCUT2D eigenvalue weighted by molar-refractivity contribution is -0.121. The number of carbonyl (C=O) groups is 3. The number of hydrogen-bond donors (Lipinski definition) is 3. The molecule has 0 radical (unpaired) electrons. The van der Waals surface area contributed by atoms with Gasteiger partial charge in [-0.1, -0.05) is 11.6 Å². The zero-order valence-electron chi connectivity index (χ0n) is 11.6. The first-order valence-corrected chi connectivity index (χ1v) is 6.61. The second-order valence-electron chi connectivity index (χ2n) is 5.04. The Balaban J connectivity index is 2.20. The van der Waals surface area contributed by atoms with Crippen molar-refractivity contribution in [1.82, 2.24) is 4.90 Å². The summed E-state index contributed by atoms with van der Waals surface area (Å²) in [5.74, 6) is -1.67. The van der Waals surface area contributed by atoms with E-state index in [1.807, 2.05) is 0 Å². The van der Waals surface area contributed by atoms with E-state index in [0.29, 0.717) is 19.4 Å². The summed E-state index contributed by atoms with van der Waals surface area (Å²) in [5.41, 5.74) is 6.26. The van der Waals surface area contributed by atoms with Crippen LogP contribution < -0.4 is 11.1 Å². The molecule has 7 nitrogen and oxygen atoms in total. The van der Waals surface area contributed by atoms with Crippen LogP contribution in [0.3, 0.4) is 0 Å². The van der Waals surface area contributed by atoms with E-state index in [1.165, 1.54) is 17.0 Å². The van der Waals surface area contributed by atoms with Gasteiger partial charge in [0.25, 0.3) is 0 Å². The van der Waals surface area contributed by atoms with Crippen molar-refractivity contribution in [1.29, 1.82) is 0 Å². The second kappa shape index (κ2) is 5.82. The van der Waals surface area contributed by atoms with Crippen LogP contribution in [0, 0.1) is 6.92 Å². The van der Waals surface area contributed by atoms with Gasteiger partial charge in [0.1, 0.15) is 6.04 Å². The van der Waals surface area contributed by atoms with E-state index in [0.717, 1.165) is 5.56 Å². The lowest BCUT2D eigenvalue weighted by Crippen LogP contribution is -2.45. The predicted molar refractivity (Wildman–Crippen MR) is 76.1 cm³/mol. The Morgan fingerprint density at radius 2 is 2.10 bits per heavy atom. The molecule has 4 N–H and O–H groups in total. The third kappa shape index (κ3) is 3.13. The van der Waals surface area contributed by atoms with Crippen LogP contribution in [0.4, 0.5) is 10.5 Å². The van der Waals surface area contributed by atoms with Crippen LogP contribution >= 0.6 is 0 Å². The number of benzene rings is 1. The van der Waals surface area contributed by atoms with Crippen LogP contribution in [0.25, 0.3) is 0 Å². The van der Waals surface area contributed by atoms with Gasteiger partial charge in [0, 0.05) is 6.54 Å². The topological polar surface area (TPSA) is 113 Å². The maximum absolute atomic E-state index is 12.2. The average Bonchev–Trinajstić information content (AvgIpc) is 2.90.